The molecule has 0 spiro atoms. The first-order chi connectivity index (χ1) is 50.8. The molecule has 0 saturated heterocycles. The Kier molecular flexibility index (Phi) is 79.2. The maximum atomic E-state index is 12.8. The van der Waals surface area contributed by atoms with Gasteiger partial charge in [-0.1, -0.05) is 353 Å². The number of hydrogen-bond donors (Lipinski definition) is 2. The van der Waals surface area contributed by atoms with Crippen LogP contribution >= 0.6 is 7.82 Å². The van der Waals surface area contributed by atoms with Gasteiger partial charge in [-0.25, -0.2) is 4.57 Å². The van der Waals surface area contributed by atoms with Gasteiger partial charge in [0.25, 0.3) is 0 Å². The van der Waals surface area contributed by atoms with Crippen molar-refractivity contribution >= 4 is 19.8 Å². The molecule has 574 valence electrons. The van der Waals surface area contributed by atoms with Crippen molar-refractivity contribution in [1.29, 1.82) is 0 Å². The van der Waals surface area contributed by atoms with Crippen molar-refractivity contribution in [2.75, 3.05) is 26.4 Å². The SMILES string of the molecule is CC/C=C\C/C=C\C/C=C\C/C=C\C/C=C\C/C=C\C/C=C\C/C=C\C/C=C\C/C=C\C/C=C\CCCCCCCCCC(=O)OC(COC(=O)CCCCCCCCCCCC/C=C\C/C=C\C/C=C\C/C=C\C/C=C\C/C=C\C/C=C\C/C=C\C/C=C\C/C=C\CC)COP(=O)(O)OCCN. The molecule has 0 fully saturated rings. The van der Waals surface area contributed by atoms with Crippen LogP contribution in [0.1, 0.15) is 284 Å². The normalized spacial score (nSPS) is 14.3. The fraction of sp³-hybridized carbons (Fsp3) is 0.527. The molecule has 2 atom stereocenters. The number of hydrogen-bond acceptors (Lipinski definition) is 8. The van der Waals surface area contributed by atoms with Crippen LogP contribution in [-0.2, 0) is 32.7 Å². The highest BCUT2D eigenvalue weighted by atomic mass is 31.2. The maximum Gasteiger partial charge on any atom is 0.472 e. The van der Waals surface area contributed by atoms with Crippen molar-refractivity contribution in [1.82, 2.24) is 0 Å². The van der Waals surface area contributed by atoms with E-state index in [1.165, 1.54) is 51.4 Å². The molecule has 9 nitrogen and oxygen atoms in total. The van der Waals surface area contributed by atoms with Crippen LogP contribution in [0.3, 0.4) is 0 Å². The largest absolute Gasteiger partial charge is 0.472 e. The molecule has 0 heterocycles. The zero-order chi connectivity index (χ0) is 74.3. The van der Waals surface area contributed by atoms with Crippen LogP contribution in [-0.4, -0.2) is 49.3 Å². The van der Waals surface area contributed by atoms with Gasteiger partial charge in [-0.15, -0.1) is 0 Å². The summed E-state index contributed by atoms with van der Waals surface area (Å²) in [6.07, 6.45) is 135. The zero-order valence-electron chi connectivity index (χ0n) is 64.7. The summed E-state index contributed by atoms with van der Waals surface area (Å²) in [4.78, 5) is 35.5. The Balaban J connectivity index is 3.99. The topological polar surface area (TPSA) is 134 Å². The van der Waals surface area contributed by atoms with Gasteiger partial charge >= 0.3 is 19.8 Å². The van der Waals surface area contributed by atoms with Crippen molar-refractivity contribution in [2.24, 2.45) is 5.73 Å². The van der Waals surface area contributed by atoms with E-state index < -0.39 is 32.5 Å². The van der Waals surface area contributed by atoms with Gasteiger partial charge in [0.2, 0.25) is 0 Å². The van der Waals surface area contributed by atoms with Crippen LogP contribution in [0.25, 0.3) is 0 Å². The van der Waals surface area contributed by atoms with Crippen LogP contribution < -0.4 is 5.73 Å². The smallest absolute Gasteiger partial charge is 0.462 e. The molecular weight excluding hydrogens is 1290 g/mol. The molecule has 0 radical (unpaired) electrons. The van der Waals surface area contributed by atoms with E-state index in [1.807, 2.05) is 0 Å². The van der Waals surface area contributed by atoms with Crippen LogP contribution in [0, 0.1) is 0 Å². The molecule has 0 aromatic heterocycles. The van der Waals surface area contributed by atoms with Crippen molar-refractivity contribution in [3.63, 3.8) is 0 Å². The molecule has 2 unspecified atom stereocenters. The molecule has 0 aliphatic rings. The number of ether oxygens (including phenoxy) is 2. The lowest BCUT2D eigenvalue weighted by Crippen LogP contribution is -2.29. The van der Waals surface area contributed by atoms with Gasteiger partial charge in [-0.2, -0.15) is 0 Å². The predicted molar refractivity (Wildman–Crippen MR) is 449 cm³/mol. The molecule has 3 N–H and O–H groups in total. The number of unbranched alkanes of at least 4 members (excludes halogenated alkanes) is 17. The molecule has 103 heavy (non-hydrogen) atoms. The van der Waals surface area contributed by atoms with E-state index >= 15 is 0 Å². The van der Waals surface area contributed by atoms with Crippen LogP contribution in [0.2, 0.25) is 0 Å². The first-order valence-corrected chi connectivity index (χ1v) is 41.7. The monoisotopic (exact) mass is 1430 g/mol. The highest BCUT2D eigenvalue weighted by Gasteiger charge is 2.26. The summed E-state index contributed by atoms with van der Waals surface area (Å²) in [6.45, 7) is 3.48. The van der Waals surface area contributed by atoms with Gasteiger partial charge in [0, 0.05) is 19.4 Å². The molecule has 0 aromatic carbocycles. The van der Waals surface area contributed by atoms with Crippen molar-refractivity contribution < 1.29 is 37.6 Å². The standard InChI is InChI=1S/C93H144NO8P/c1-3-5-7-9-11-13-15-17-19-21-23-25-27-29-31-33-35-37-39-41-43-45-47-49-51-53-55-57-59-61-63-65-67-69-71-73-75-77-79-81-83-85-92(95)99-89-91(90-101-103(97,98)100-88-87-94)102-93(96)86-84-82-80-78-76-74-72-70-68-66-64-62-60-58-56-54-52-50-48-46-44-42-40-38-36-34-32-30-28-26-24-22-20-18-16-14-12-10-8-6-4-2/h5-8,11-14,17-20,23-26,29-32,35-38,41-44,47-50,53-56,59-62,66,68,91H,3-4,9-10,15-16,21-22,27-28,33-34,39-40,45-46,51-52,57-58,63-65,67,69-90,94H2,1-2H3,(H,97,98)/b7-5-,8-6-,13-11-,14-12-,19-17-,20-18-,25-23-,26-24-,31-29-,32-30-,37-35-,38-36-,43-41-,44-42-,49-47-,50-48-,55-53-,56-54-,61-59-,62-60-,68-66-. The zero-order valence-corrected chi connectivity index (χ0v) is 65.6. The van der Waals surface area contributed by atoms with Gasteiger partial charge in [0.1, 0.15) is 6.61 Å². The Morgan fingerprint density at radius 1 is 0.291 bits per heavy atom. The van der Waals surface area contributed by atoms with Gasteiger partial charge < -0.3 is 20.1 Å². The summed E-state index contributed by atoms with van der Waals surface area (Å²) in [5.74, 6) is -0.861. The fourth-order valence-corrected chi connectivity index (χ4v) is 10.8. The summed E-state index contributed by atoms with van der Waals surface area (Å²) in [6, 6.07) is 0. The van der Waals surface area contributed by atoms with Crippen LogP contribution in [0.4, 0.5) is 0 Å². The molecule has 0 rings (SSSR count). The third-order valence-electron chi connectivity index (χ3n) is 15.9. The first-order valence-electron chi connectivity index (χ1n) is 40.2. The summed E-state index contributed by atoms with van der Waals surface area (Å²) < 4.78 is 33.2. The second-order valence-electron chi connectivity index (χ2n) is 25.5. The molecule has 0 aromatic rings. The lowest BCUT2D eigenvalue weighted by Gasteiger charge is -2.19. The Hall–Kier alpha value is -6.45. The Morgan fingerprint density at radius 3 is 0.748 bits per heavy atom. The Morgan fingerprint density at radius 2 is 0.505 bits per heavy atom. The summed E-state index contributed by atoms with van der Waals surface area (Å²) in [5.41, 5.74) is 5.41. The number of esters is 2. The van der Waals surface area contributed by atoms with E-state index in [1.54, 1.807) is 0 Å². The summed E-state index contributed by atoms with van der Waals surface area (Å²) >= 11 is 0. The minimum absolute atomic E-state index is 0.0384. The molecule has 0 saturated carbocycles. The first kappa shape index (κ1) is 96.5. The van der Waals surface area contributed by atoms with E-state index in [4.69, 9.17) is 24.3 Å². The number of phosphoric ester groups is 1. The predicted octanol–water partition coefficient (Wildman–Crippen LogP) is 27.6. The summed E-state index contributed by atoms with van der Waals surface area (Å²) in [5, 5.41) is 0. The number of phosphoric acid groups is 1. The minimum atomic E-state index is -4.42. The van der Waals surface area contributed by atoms with E-state index in [9.17, 15) is 19.0 Å². The average molecular weight is 1440 g/mol. The lowest BCUT2D eigenvalue weighted by atomic mass is 10.1. The quantitative estimate of drug-likeness (QED) is 0.0264. The van der Waals surface area contributed by atoms with Crippen molar-refractivity contribution in [3.8, 4) is 0 Å². The minimum Gasteiger partial charge on any atom is -0.462 e. The number of carbonyl (C=O) groups excluding carboxylic acids is 2. The molecular formula is C93H144NO8P. The number of nitrogens with two attached hydrogens (primary N) is 1. The van der Waals surface area contributed by atoms with Gasteiger partial charge in [-0.3, -0.25) is 18.6 Å². The van der Waals surface area contributed by atoms with E-state index in [2.05, 4.69) is 269 Å². The number of allylic oxidation sites excluding steroid dienone is 42. The number of carbonyl (C=O) groups is 2. The lowest BCUT2D eigenvalue weighted by molar-refractivity contribution is -0.161. The third-order valence-corrected chi connectivity index (χ3v) is 16.9. The van der Waals surface area contributed by atoms with Crippen molar-refractivity contribution in [3.05, 3.63) is 255 Å². The Labute approximate surface area is 630 Å². The van der Waals surface area contributed by atoms with E-state index in [0.29, 0.717) is 12.8 Å². The van der Waals surface area contributed by atoms with Gasteiger partial charge in [-0.05, 0) is 173 Å². The fourth-order valence-electron chi connectivity index (χ4n) is 10.1. The average Bonchev–Trinajstić information content (AvgIpc) is 0.970. The van der Waals surface area contributed by atoms with Crippen molar-refractivity contribution in [2.45, 2.75) is 290 Å². The van der Waals surface area contributed by atoms with Gasteiger partial charge in [0.15, 0.2) is 6.10 Å². The highest BCUT2D eigenvalue weighted by Crippen LogP contribution is 2.43. The van der Waals surface area contributed by atoms with Gasteiger partial charge in [0.05, 0.1) is 13.2 Å². The molecule has 0 amide bonds. The maximum absolute atomic E-state index is 12.8. The van der Waals surface area contributed by atoms with Crippen LogP contribution in [0.5, 0.6) is 0 Å². The highest BCUT2D eigenvalue weighted by molar-refractivity contribution is 7.47. The van der Waals surface area contributed by atoms with E-state index in [0.717, 1.165) is 193 Å². The molecule has 0 bridgehead atoms. The molecule has 0 aliphatic heterocycles. The molecule has 10 heteroatoms. The Bertz CT molecular complexity index is 2660. The number of rotatable bonds is 72. The van der Waals surface area contributed by atoms with Crippen LogP contribution in [0.15, 0.2) is 255 Å². The second kappa shape index (κ2) is 84.5. The second-order valence-corrected chi connectivity index (χ2v) is 26.9. The third kappa shape index (κ3) is 84.4. The molecule has 0 aliphatic carbocycles. The summed E-state index contributed by atoms with van der Waals surface area (Å²) in [7, 11) is -4.42. The van der Waals surface area contributed by atoms with E-state index in [-0.39, 0.29) is 32.6 Å².